The second kappa shape index (κ2) is 6.93. The molecular formula is C11H10N8O5. The molecule has 24 heavy (non-hydrogen) atoms. The molecule has 0 saturated heterocycles. The summed E-state index contributed by atoms with van der Waals surface area (Å²) >= 11 is 0. The highest BCUT2D eigenvalue weighted by Gasteiger charge is 2.24. The lowest BCUT2D eigenvalue weighted by molar-refractivity contribution is -0.385. The number of carbonyl (C=O) groups excluding carboxylic acids is 1. The lowest BCUT2D eigenvalue weighted by Crippen LogP contribution is -2.31. The maximum atomic E-state index is 12.0. The van der Waals surface area contributed by atoms with Gasteiger partial charge in [-0.1, -0.05) is 12.1 Å². The Kier molecular flexibility index (Phi) is 4.76. The zero-order chi connectivity index (χ0) is 17.7. The number of nitro benzene ring substituents is 1. The van der Waals surface area contributed by atoms with Gasteiger partial charge in [0, 0.05) is 6.07 Å². The molecule has 0 atom stereocenters. The van der Waals surface area contributed by atoms with Gasteiger partial charge in [-0.15, -0.1) is 0 Å². The molecule has 0 saturated carbocycles. The van der Waals surface area contributed by atoms with Crippen LogP contribution in [0.2, 0.25) is 0 Å². The van der Waals surface area contributed by atoms with Crippen LogP contribution in [0, 0.1) is 20.2 Å². The zero-order valence-corrected chi connectivity index (χ0v) is 11.8. The van der Waals surface area contributed by atoms with Crippen molar-refractivity contribution in [1.29, 1.82) is 0 Å². The number of nitrogens with zero attached hydrogens (tertiary/aromatic N) is 4. The van der Waals surface area contributed by atoms with E-state index in [4.69, 9.17) is 5.84 Å². The van der Waals surface area contributed by atoms with Crippen molar-refractivity contribution in [3.05, 3.63) is 56.4 Å². The summed E-state index contributed by atoms with van der Waals surface area (Å²) in [5.41, 5.74) is 5.09. The van der Waals surface area contributed by atoms with Crippen molar-refractivity contribution in [2.45, 2.75) is 0 Å². The van der Waals surface area contributed by atoms with E-state index in [0.717, 1.165) is 12.4 Å². The average Bonchev–Trinajstić information content (AvgIpc) is 2.58. The summed E-state index contributed by atoms with van der Waals surface area (Å²) in [6.45, 7) is 0. The predicted molar refractivity (Wildman–Crippen MR) is 80.7 cm³/mol. The van der Waals surface area contributed by atoms with Crippen LogP contribution in [0.1, 0.15) is 10.4 Å². The van der Waals surface area contributed by atoms with Crippen molar-refractivity contribution in [1.82, 2.24) is 15.4 Å². The standard InChI is InChI=1S/C11H10N8O5/c12-15-9-8(19(23)24)10(14-5-13-9)16-17-11(20)6-3-1-2-4-7(6)18(21)22/h1-5H,12H2,(H,17,20)(H2,13,14,15,16). The molecule has 13 nitrogen and oxygen atoms in total. The molecule has 0 bridgehead atoms. The summed E-state index contributed by atoms with van der Waals surface area (Å²) in [6.07, 6.45) is 0.974. The van der Waals surface area contributed by atoms with Crippen LogP contribution in [0.15, 0.2) is 30.6 Å². The fourth-order valence-corrected chi connectivity index (χ4v) is 1.76. The summed E-state index contributed by atoms with van der Waals surface area (Å²) in [5, 5.41) is 21.9. The summed E-state index contributed by atoms with van der Waals surface area (Å²) < 4.78 is 0. The van der Waals surface area contributed by atoms with Gasteiger partial charge in [0.05, 0.1) is 9.85 Å². The van der Waals surface area contributed by atoms with Gasteiger partial charge in [-0.25, -0.2) is 15.8 Å². The summed E-state index contributed by atoms with van der Waals surface area (Å²) in [7, 11) is 0. The van der Waals surface area contributed by atoms with Gasteiger partial charge in [-0.2, -0.15) is 0 Å². The number of nitrogens with two attached hydrogens (primary N) is 1. The van der Waals surface area contributed by atoms with Crippen LogP contribution in [-0.4, -0.2) is 25.7 Å². The number of aromatic nitrogens is 2. The monoisotopic (exact) mass is 334 g/mol. The molecule has 2 rings (SSSR count). The molecule has 13 heteroatoms. The summed E-state index contributed by atoms with van der Waals surface area (Å²) in [6, 6.07) is 5.22. The van der Waals surface area contributed by atoms with Gasteiger partial charge >= 0.3 is 5.69 Å². The molecule has 1 heterocycles. The molecule has 0 spiro atoms. The normalized spacial score (nSPS) is 9.88. The van der Waals surface area contributed by atoms with Gasteiger partial charge in [0.15, 0.2) is 0 Å². The van der Waals surface area contributed by atoms with Gasteiger partial charge in [-0.05, 0) is 6.07 Å². The number of hydrazine groups is 2. The average molecular weight is 334 g/mol. The van der Waals surface area contributed by atoms with E-state index in [1.807, 2.05) is 5.43 Å². The number of para-hydroxylation sites is 1. The minimum absolute atomic E-state index is 0.233. The van der Waals surface area contributed by atoms with Crippen LogP contribution < -0.4 is 22.1 Å². The first-order valence-electron chi connectivity index (χ1n) is 6.21. The number of anilines is 2. The molecule has 0 aliphatic rings. The second-order valence-electron chi connectivity index (χ2n) is 4.17. The highest BCUT2D eigenvalue weighted by Crippen LogP contribution is 2.27. The van der Waals surface area contributed by atoms with Crippen LogP contribution in [0.25, 0.3) is 0 Å². The first-order chi connectivity index (χ1) is 11.5. The van der Waals surface area contributed by atoms with Gasteiger partial charge in [-0.3, -0.25) is 35.9 Å². The lowest BCUT2D eigenvalue weighted by atomic mass is 10.2. The third-order valence-electron chi connectivity index (χ3n) is 2.78. The van der Waals surface area contributed by atoms with E-state index in [-0.39, 0.29) is 17.2 Å². The number of nitro groups is 2. The van der Waals surface area contributed by atoms with Gasteiger partial charge in [0.2, 0.25) is 11.6 Å². The van der Waals surface area contributed by atoms with E-state index in [2.05, 4.69) is 20.8 Å². The van der Waals surface area contributed by atoms with Gasteiger partial charge in [0.25, 0.3) is 11.6 Å². The van der Waals surface area contributed by atoms with Crippen molar-refractivity contribution in [2.24, 2.45) is 5.84 Å². The van der Waals surface area contributed by atoms with E-state index in [9.17, 15) is 25.0 Å². The first kappa shape index (κ1) is 16.5. The van der Waals surface area contributed by atoms with Crippen LogP contribution in [0.5, 0.6) is 0 Å². The Morgan fingerprint density at radius 3 is 2.38 bits per heavy atom. The number of nitrogen functional groups attached to an aromatic ring is 1. The maximum absolute atomic E-state index is 12.0. The summed E-state index contributed by atoms with van der Waals surface area (Å²) in [4.78, 5) is 39.7. The van der Waals surface area contributed by atoms with Crippen LogP contribution in [0.3, 0.4) is 0 Å². The Bertz CT molecular complexity index is 811. The van der Waals surface area contributed by atoms with Crippen LogP contribution >= 0.6 is 0 Å². The second-order valence-corrected chi connectivity index (χ2v) is 4.17. The Hall–Kier alpha value is -3.87. The number of hydrogen-bond acceptors (Lipinski definition) is 10. The number of carbonyl (C=O) groups is 1. The summed E-state index contributed by atoms with van der Waals surface area (Å²) in [5.74, 6) is 3.61. The molecule has 1 aromatic heterocycles. The molecule has 0 aliphatic carbocycles. The van der Waals surface area contributed by atoms with E-state index in [0.29, 0.717) is 0 Å². The SMILES string of the molecule is NNc1ncnc(NNC(=O)c2ccccc2[N+](=O)[O-])c1[N+](=O)[O-]. The molecule has 0 unspecified atom stereocenters. The van der Waals surface area contributed by atoms with Crippen LogP contribution in [0.4, 0.5) is 23.0 Å². The third kappa shape index (κ3) is 3.30. The maximum Gasteiger partial charge on any atom is 0.356 e. The Morgan fingerprint density at radius 2 is 1.75 bits per heavy atom. The number of rotatable bonds is 6. The van der Waals surface area contributed by atoms with E-state index in [1.165, 1.54) is 18.2 Å². The molecule has 124 valence electrons. The highest BCUT2D eigenvalue weighted by atomic mass is 16.6. The van der Waals surface area contributed by atoms with Crippen molar-refractivity contribution in [2.75, 3.05) is 10.9 Å². The van der Waals surface area contributed by atoms with E-state index < -0.39 is 27.1 Å². The fraction of sp³-hybridized carbons (Fsp3) is 0. The Labute approximate surface area is 133 Å². The molecule has 0 aliphatic heterocycles. The van der Waals surface area contributed by atoms with Crippen molar-refractivity contribution in [3.8, 4) is 0 Å². The number of hydrogen-bond donors (Lipinski definition) is 4. The van der Waals surface area contributed by atoms with Crippen molar-refractivity contribution in [3.63, 3.8) is 0 Å². The minimum atomic E-state index is -0.877. The van der Waals surface area contributed by atoms with E-state index in [1.54, 1.807) is 0 Å². The minimum Gasteiger partial charge on any atom is -0.303 e. The van der Waals surface area contributed by atoms with Crippen LogP contribution in [-0.2, 0) is 0 Å². The molecular weight excluding hydrogens is 324 g/mol. The largest absolute Gasteiger partial charge is 0.356 e. The topological polar surface area (TPSA) is 191 Å². The molecule has 1 aromatic carbocycles. The number of amides is 1. The molecule has 2 aromatic rings. The van der Waals surface area contributed by atoms with Crippen molar-refractivity contribution < 1.29 is 14.6 Å². The molecule has 0 radical (unpaired) electrons. The number of nitrogens with one attached hydrogen (secondary N) is 3. The van der Waals surface area contributed by atoms with Gasteiger partial charge < -0.3 is 5.43 Å². The number of benzene rings is 1. The lowest BCUT2D eigenvalue weighted by Gasteiger charge is -2.09. The third-order valence-corrected chi connectivity index (χ3v) is 2.78. The van der Waals surface area contributed by atoms with Gasteiger partial charge in [0.1, 0.15) is 11.9 Å². The highest BCUT2D eigenvalue weighted by molar-refractivity contribution is 5.98. The Balaban J connectivity index is 2.25. The first-order valence-corrected chi connectivity index (χ1v) is 6.21. The Morgan fingerprint density at radius 1 is 1.08 bits per heavy atom. The molecule has 5 N–H and O–H groups in total. The molecule has 0 fully saturated rings. The zero-order valence-electron chi connectivity index (χ0n) is 11.8. The van der Waals surface area contributed by atoms with Crippen molar-refractivity contribution >= 4 is 28.9 Å². The molecule has 1 amide bonds. The smallest absolute Gasteiger partial charge is 0.303 e. The fourth-order valence-electron chi connectivity index (χ4n) is 1.76. The quantitative estimate of drug-likeness (QED) is 0.325. The predicted octanol–water partition coefficient (Wildman–Crippen LogP) is 0.336. The van der Waals surface area contributed by atoms with E-state index >= 15 is 0 Å².